The van der Waals surface area contributed by atoms with Gasteiger partial charge in [0.25, 0.3) is 0 Å². The topological polar surface area (TPSA) is 51.8 Å². The van der Waals surface area contributed by atoms with Crippen LogP contribution in [0.15, 0.2) is 138 Å². The van der Waals surface area contributed by atoms with Crippen molar-refractivity contribution in [2.24, 2.45) is 0 Å². The summed E-state index contributed by atoms with van der Waals surface area (Å²) < 4.78 is 6.26. The van der Waals surface area contributed by atoms with Gasteiger partial charge >= 0.3 is 0 Å². The van der Waals surface area contributed by atoms with Gasteiger partial charge in [-0.25, -0.2) is 4.98 Å². The second-order valence-corrected chi connectivity index (χ2v) is 12.1. The van der Waals surface area contributed by atoms with Gasteiger partial charge in [-0.15, -0.1) is 53.6 Å². The molecule has 0 spiro atoms. The molecular weight excluding hydrogens is 779 g/mol. The summed E-state index contributed by atoms with van der Waals surface area (Å²) in [5.41, 5.74) is 13.5. The summed E-state index contributed by atoms with van der Waals surface area (Å²) >= 11 is 0. The molecule has 0 atom stereocenters. The van der Waals surface area contributed by atoms with Crippen molar-refractivity contribution in [2.45, 2.75) is 33.6 Å². The number of nitrogens with zero attached hydrogens (tertiary/aromatic N) is 3. The Labute approximate surface area is 301 Å². The van der Waals surface area contributed by atoms with Crippen LogP contribution in [0.25, 0.3) is 55.7 Å². The Hall–Kier alpha value is -5.22. The third kappa shape index (κ3) is 7.75. The van der Waals surface area contributed by atoms with E-state index in [1.807, 2.05) is 60.9 Å². The first-order chi connectivity index (χ1) is 23.5. The van der Waals surface area contributed by atoms with Crippen molar-refractivity contribution in [3.63, 3.8) is 0 Å². The molecule has 0 saturated heterocycles. The molecule has 0 fully saturated rings. The van der Waals surface area contributed by atoms with Gasteiger partial charge in [0, 0.05) is 43.6 Å². The number of aryl methyl sites for hydroxylation is 5. The molecule has 49 heavy (non-hydrogen) atoms. The molecule has 4 nitrogen and oxygen atoms in total. The predicted molar refractivity (Wildman–Crippen MR) is 196 cm³/mol. The van der Waals surface area contributed by atoms with E-state index in [1.54, 1.807) is 0 Å². The maximum atomic E-state index is 6.26. The summed E-state index contributed by atoms with van der Waals surface area (Å²) in [6, 6.07) is 47.9. The Balaban J connectivity index is 0.000000220. The first kappa shape index (κ1) is 33.7. The average Bonchev–Trinajstić information content (AvgIpc) is 3.52. The molecule has 0 aliphatic heterocycles. The van der Waals surface area contributed by atoms with E-state index in [4.69, 9.17) is 14.4 Å². The molecule has 8 aromatic rings. The summed E-state index contributed by atoms with van der Waals surface area (Å²) in [6.07, 6.45) is 5.65. The zero-order valence-corrected chi connectivity index (χ0v) is 30.1. The molecule has 5 heteroatoms. The van der Waals surface area contributed by atoms with Gasteiger partial charge in [-0.3, -0.25) is 0 Å². The second-order valence-electron chi connectivity index (χ2n) is 12.1. The third-order valence-corrected chi connectivity index (χ3v) is 8.61. The van der Waals surface area contributed by atoms with Crippen LogP contribution in [0.5, 0.6) is 0 Å². The number of aromatic nitrogens is 3. The van der Waals surface area contributed by atoms with Crippen molar-refractivity contribution in [1.29, 1.82) is 0 Å². The standard InChI is InChI=1S/C30H21N2O.C14H14N.Ir/c1-3-8-21(9-4-1)14-16-24-17-18-26-25-12-7-13-27(29(25)33-30(26)32-24)28-19-15-23(20-31-28)22-10-5-2-6-11-22;1-10-4-6-13(7-5-10)14-8-11(2)12(3)9-15-14;/h1-12,15,17-20H,14,16H2;4-6,8-9H,1-3H3;/q2*-1;. The van der Waals surface area contributed by atoms with Crippen LogP contribution in [0.2, 0.25) is 0 Å². The monoisotopic (exact) mass is 814 g/mol. The van der Waals surface area contributed by atoms with Crippen molar-refractivity contribution < 1.29 is 24.5 Å². The van der Waals surface area contributed by atoms with Crippen molar-refractivity contribution in [3.05, 3.63) is 174 Å². The number of rotatable bonds is 6. The van der Waals surface area contributed by atoms with E-state index < -0.39 is 0 Å². The molecule has 0 unspecified atom stereocenters. The SMILES string of the molecule is Cc1c[c-]c(-c2cc(C)c(C)cn2)cc1.[Ir].[c-]1ccc2c(oc3nc(CCc4ccccc4)ccc32)c1-c1ccc(-c2ccccc2)cn1. The van der Waals surface area contributed by atoms with Crippen LogP contribution in [-0.2, 0) is 32.9 Å². The van der Waals surface area contributed by atoms with Crippen LogP contribution in [0.3, 0.4) is 0 Å². The number of hydrogen-bond acceptors (Lipinski definition) is 4. The van der Waals surface area contributed by atoms with Gasteiger partial charge in [-0.1, -0.05) is 102 Å². The Kier molecular flexibility index (Phi) is 10.5. The number of fused-ring (bicyclic) bond motifs is 3. The summed E-state index contributed by atoms with van der Waals surface area (Å²) in [5.74, 6) is 0. The second kappa shape index (κ2) is 15.3. The van der Waals surface area contributed by atoms with Crippen LogP contribution in [0, 0.1) is 32.9 Å². The first-order valence-corrected chi connectivity index (χ1v) is 16.2. The van der Waals surface area contributed by atoms with Gasteiger partial charge in [-0.05, 0) is 72.5 Å². The Bertz CT molecular complexity index is 2300. The zero-order chi connectivity index (χ0) is 32.9. The van der Waals surface area contributed by atoms with E-state index in [2.05, 4.69) is 111 Å². The molecule has 4 aromatic heterocycles. The Morgan fingerprint density at radius 1 is 0.633 bits per heavy atom. The molecule has 0 saturated carbocycles. The van der Waals surface area contributed by atoms with Crippen LogP contribution in [0.1, 0.15) is 27.9 Å². The van der Waals surface area contributed by atoms with E-state index in [1.165, 1.54) is 22.3 Å². The molecule has 243 valence electrons. The minimum atomic E-state index is 0. The van der Waals surface area contributed by atoms with Gasteiger partial charge in [0.05, 0.1) is 5.58 Å². The fourth-order valence-electron chi connectivity index (χ4n) is 5.68. The van der Waals surface area contributed by atoms with Crippen LogP contribution in [0.4, 0.5) is 0 Å². The van der Waals surface area contributed by atoms with E-state index in [0.29, 0.717) is 5.71 Å². The number of hydrogen-bond donors (Lipinski definition) is 0. The van der Waals surface area contributed by atoms with Gasteiger partial charge in [-0.2, -0.15) is 0 Å². The fourth-order valence-corrected chi connectivity index (χ4v) is 5.68. The third-order valence-electron chi connectivity index (χ3n) is 8.61. The predicted octanol–water partition coefficient (Wildman–Crippen LogP) is 10.8. The maximum absolute atomic E-state index is 6.26. The molecule has 0 N–H and O–H groups in total. The molecular formula is C44H35IrN3O-2. The Morgan fingerprint density at radius 2 is 1.41 bits per heavy atom. The van der Waals surface area contributed by atoms with Crippen molar-refractivity contribution in [3.8, 4) is 33.6 Å². The van der Waals surface area contributed by atoms with E-state index >= 15 is 0 Å². The minimum Gasteiger partial charge on any atom is -0.486 e. The van der Waals surface area contributed by atoms with Crippen LogP contribution in [-0.4, -0.2) is 15.0 Å². The molecule has 0 bridgehead atoms. The largest absolute Gasteiger partial charge is 0.486 e. The van der Waals surface area contributed by atoms with E-state index in [-0.39, 0.29) is 20.1 Å². The summed E-state index contributed by atoms with van der Waals surface area (Å²) in [4.78, 5) is 13.9. The smallest absolute Gasteiger partial charge is 0.216 e. The van der Waals surface area contributed by atoms with Gasteiger partial charge in [0.2, 0.25) is 5.71 Å². The fraction of sp³-hybridized carbons (Fsp3) is 0.114. The van der Waals surface area contributed by atoms with Gasteiger partial charge < -0.3 is 14.4 Å². The van der Waals surface area contributed by atoms with Gasteiger partial charge in [0.15, 0.2) is 0 Å². The summed E-state index contributed by atoms with van der Waals surface area (Å²) in [7, 11) is 0. The molecule has 4 heterocycles. The number of furan rings is 1. The quantitative estimate of drug-likeness (QED) is 0.157. The van der Waals surface area contributed by atoms with Crippen LogP contribution >= 0.6 is 0 Å². The molecule has 1 radical (unpaired) electrons. The van der Waals surface area contributed by atoms with Crippen molar-refractivity contribution in [2.75, 3.05) is 0 Å². The average molecular weight is 814 g/mol. The molecule has 8 rings (SSSR count). The summed E-state index contributed by atoms with van der Waals surface area (Å²) in [5, 5.41) is 2.06. The Morgan fingerprint density at radius 3 is 2.12 bits per heavy atom. The minimum absolute atomic E-state index is 0. The molecule has 0 amide bonds. The maximum Gasteiger partial charge on any atom is 0.216 e. The molecule has 0 aliphatic carbocycles. The molecule has 0 aliphatic rings. The number of benzene rings is 4. The van der Waals surface area contributed by atoms with Crippen LogP contribution < -0.4 is 0 Å². The zero-order valence-electron chi connectivity index (χ0n) is 27.7. The van der Waals surface area contributed by atoms with E-state index in [9.17, 15) is 0 Å². The first-order valence-electron chi connectivity index (χ1n) is 16.2. The normalized spacial score (nSPS) is 10.8. The van der Waals surface area contributed by atoms with Crippen molar-refractivity contribution in [1.82, 2.24) is 15.0 Å². The summed E-state index contributed by atoms with van der Waals surface area (Å²) in [6.45, 7) is 6.24. The number of pyridine rings is 3. The van der Waals surface area contributed by atoms with E-state index in [0.717, 1.165) is 68.5 Å². The van der Waals surface area contributed by atoms with Crippen molar-refractivity contribution >= 4 is 22.1 Å². The van der Waals surface area contributed by atoms with Gasteiger partial charge in [0.1, 0.15) is 0 Å². The molecule has 4 aromatic carbocycles.